The van der Waals surface area contributed by atoms with Gasteiger partial charge in [0.25, 0.3) is 0 Å². The minimum Gasteiger partial charge on any atom is -0.359 e. The third kappa shape index (κ3) is 4.10. The van der Waals surface area contributed by atoms with Crippen molar-refractivity contribution in [2.24, 2.45) is 11.8 Å². The van der Waals surface area contributed by atoms with Gasteiger partial charge in [-0.1, -0.05) is 64.5 Å². The van der Waals surface area contributed by atoms with Gasteiger partial charge in [-0.15, -0.1) is 0 Å². The molecule has 2 aliphatic heterocycles. The minimum atomic E-state index is -0.496. The first-order valence-electron chi connectivity index (χ1n) is 11.5. The van der Waals surface area contributed by atoms with Gasteiger partial charge < -0.3 is 4.90 Å². The number of carbonyl (C=O) groups excluding carboxylic acids is 1. The Morgan fingerprint density at radius 1 is 0.971 bits per heavy atom. The Bertz CT molecular complexity index is 1370. The summed E-state index contributed by atoms with van der Waals surface area (Å²) >= 11 is 3.51. The van der Waals surface area contributed by atoms with Gasteiger partial charge in [0.15, 0.2) is 5.78 Å². The zero-order chi connectivity index (χ0) is 24.5. The van der Waals surface area contributed by atoms with Crippen LogP contribution in [0.4, 0.5) is 0 Å². The fourth-order valence-electron chi connectivity index (χ4n) is 5.45. The average molecular weight is 521 g/mol. The fraction of sp³-hybridized carbons (Fsp3) is 0.241. The number of carbonyl (C=O) groups is 1. The van der Waals surface area contributed by atoms with Crippen LogP contribution in [0.2, 0.25) is 0 Å². The summed E-state index contributed by atoms with van der Waals surface area (Å²) in [6.45, 7) is 0. The van der Waals surface area contributed by atoms with Crippen molar-refractivity contribution in [3.05, 3.63) is 99.7 Å². The Balaban J connectivity index is 1.78. The second-order valence-electron chi connectivity index (χ2n) is 9.10. The molecule has 1 saturated heterocycles. The maximum absolute atomic E-state index is 13.8. The largest absolute Gasteiger partial charge is 0.359 e. The van der Waals surface area contributed by atoms with Crippen molar-refractivity contribution in [2.75, 3.05) is 0 Å². The molecule has 0 amide bonds. The summed E-state index contributed by atoms with van der Waals surface area (Å²) in [5.74, 6) is -0.463. The van der Waals surface area contributed by atoms with Crippen LogP contribution < -0.4 is 0 Å². The van der Waals surface area contributed by atoms with E-state index in [-0.39, 0.29) is 35.2 Å². The molecule has 0 unspecified atom stereocenters. The average Bonchev–Trinajstić information content (AvgIpc) is 3.70. The molecular weight excluding hydrogens is 500 g/mol. The van der Waals surface area contributed by atoms with Crippen LogP contribution in [0.5, 0.6) is 0 Å². The van der Waals surface area contributed by atoms with Crippen LogP contribution in [-0.2, 0) is 4.79 Å². The second-order valence-corrected chi connectivity index (χ2v) is 10.0. The number of ketones is 1. The highest BCUT2D eigenvalue weighted by molar-refractivity contribution is 9.10. The number of rotatable bonds is 5. The van der Waals surface area contributed by atoms with Gasteiger partial charge in [0.1, 0.15) is 23.8 Å². The Morgan fingerprint density at radius 3 is 2.26 bits per heavy atom. The summed E-state index contributed by atoms with van der Waals surface area (Å²) in [7, 11) is 0. The second kappa shape index (κ2) is 9.38. The van der Waals surface area contributed by atoms with E-state index in [1.165, 1.54) is 0 Å². The van der Waals surface area contributed by atoms with Gasteiger partial charge in [0, 0.05) is 28.4 Å². The van der Waals surface area contributed by atoms with Gasteiger partial charge in [-0.05, 0) is 47.8 Å². The third-order valence-corrected chi connectivity index (χ3v) is 7.62. The standard InChI is InChI=1S/C29H21BrN4O/c30-23-11-9-20(10-12-23)26-27(25(22(15-32)16-33)19-4-2-1-3-5-19)24-13-6-18(14-31)17-34(24)28(26)29(35)21-7-8-21/h1-6,9-13,17,21,24,26-28H,7-8H2/t24-,26+,27-,28+/m1/s1. The molecule has 2 heterocycles. The number of allylic oxidation sites excluding steroid dienone is 3. The molecule has 1 saturated carbocycles. The quantitative estimate of drug-likeness (QED) is 0.474. The van der Waals surface area contributed by atoms with E-state index in [0.29, 0.717) is 11.1 Å². The molecule has 35 heavy (non-hydrogen) atoms. The van der Waals surface area contributed by atoms with E-state index in [2.05, 4.69) is 34.1 Å². The highest BCUT2D eigenvalue weighted by Crippen LogP contribution is 2.53. The number of hydrogen-bond acceptors (Lipinski definition) is 5. The van der Waals surface area contributed by atoms with Gasteiger partial charge in [0.2, 0.25) is 0 Å². The number of hydrogen-bond donors (Lipinski definition) is 0. The van der Waals surface area contributed by atoms with E-state index in [0.717, 1.165) is 28.4 Å². The van der Waals surface area contributed by atoms with Gasteiger partial charge >= 0.3 is 0 Å². The van der Waals surface area contributed by atoms with E-state index in [4.69, 9.17) is 0 Å². The Hall–Kier alpha value is -3.92. The van der Waals surface area contributed by atoms with Crippen molar-refractivity contribution >= 4 is 27.3 Å². The molecule has 4 atom stereocenters. The fourth-order valence-corrected chi connectivity index (χ4v) is 5.71. The molecular formula is C29H21BrN4O. The van der Waals surface area contributed by atoms with Crippen molar-refractivity contribution in [3.63, 3.8) is 0 Å². The van der Waals surface area contributed by atoms with Crippen LogP contribution >= 0.6 is 15.9 Å². The monoisotopic (exact) mass is 520 g/mol. The van der Waals surface area contributed by atoms with Crippen LogP contribution in [0.3, 0.4) is 0 Å². The van der Waals surface area contributed by atoms with E-state index >= 15 is 0 Å². The lowest BCUT2D eigenvalue weighted by Gasteiger charge is -2.31. The van der Waals surface area contributed by atoms with Crippen LogP contribution in [-0.4, -0.2) is 22.8 Å². The molecule has 5 nitrogen and oxygen atoms in total. The molecule has 0 spiro atoms. The first kappa shape index (κ1) is 22.9. The first-order chi connectivity index (χ1) is 17.1. The van der Waals surface area contributed by atoms with Crippen molar-refractivity contribution in [2.45, 2.75) is 30.8 Å². The summed E-state index contributed by atoms with van der Waals surface area (Å²) < 4.78 is 0.929. The van der Waals surface area contributed by atoms with Gasteiger partial charge in [-0.25, -0.2) is 0 Å². The molecule has 0 aromatic heterocycles. The molecule has 0 N–H and O–H groups in total. The zero-order valence-electron chi connectivity index (χ0n) is 18.8. The maximum atomic E-state index is 13.8. The van der Waals surface area contributed by atoms with E-state index in [1.54, 1.807) is 12.3 Å². The third-order valence-electron chi connectivity index (χ3n) is 7.09. The van der Waals surface area contributed by atoms with Crippen molar-refractivity contribution < 1.29 is 4.79 Å². The number of fused-ring (bicyclic) bond motifs is 1. The van der Waals surface area contributed by atoms with Crippen LogP contribution in [0, 0.1) is 45.8 Å². The summed E-state index contributed by atoms with van der Waals surface area (Å²) in [5.41, 5.74) is 2.93. The molecule has 6 heteroatoms. The Kier molecular flexibility index (Phi) is 6.12. The highest BCUT2D eigenvalue weighted by atomic mass is 79.9. The molecule has 2 fully saturated rings. The molecule has 0 radical (unpaired) electrons. The first-order valence-corrected chi connectivity index (χ1v) is 12.3. The van der Waals surface area contributed by atoms with Gasteiger partial charge in [0.05, 0.1) is 17.7 Å². The van der Waals surface area contributed by atoms with Gasteiger partial charge in [-0.3, -0.25) is 4.79 Å². The summed E-state index contributed by atoms with van der Waals surface area (Å²) in [5, 5.41) is 29.5. The topological polar surface area (TPSA) is 91.7 Å². The smallest absolute Gasteiger partial charge is 0.158 e. The van der Waals surface area contributed by atoms with Crippen molar-refractivity contribution in [1.29, 1.82) is 15.8 Å². The molecule has 0 bridgehead atoms. The number of nitrogens with zero attached hydrogens (tertiary/aromatic N) is 4. The van der Waals surface area contributed by atoms with Crippen LogP contribution in [0.15, 0.2) is 88.6 Å². The predicted octanol–water partition coefficient (Wildman–Crippen LogP) is 5.66. The molecule has 2 aromatic carbocycles. The van der Waals surface area contributed by atoms with E-state index < -0.39 is 6.04 Å². The lowest BCUT2D eigenvalue weighted by atomic mass is 9.73. The normalized spacial score (nSPS) is 24.4. The number of benzene rings is 2. The molecule has 2 aromatic rings. The predicted molar refractivity (Wildman–Crippen MR) is 135 cm³/mol. The summed E-state index contributed by atoms with van der Waals surface area (Å²) in [4.78, 5) is 15.8. The highest BCUT2D eigenvalue weighted by Gasteiger charge is 2.55. The Labute approximate surface area is 213 Å². The number of Topliss-reactive ketones (excluding diaryl/α,β-unsaturated/α-hetero) is 1. The number of nitriles is 3. The SMILES string of the molecule is N#CC1=CN2[C@H](C=C1)[C@H](C(=C(C#N)C#N)c1ccccc1)[C@H](c1ccc(Br)cc1)[C@H]2C(=O)C1CC1. The number of halogens is 1. The molecule has 1 aliphatic carbocycles. The minimum absolute atomic E-state index is 0.0118. The molecule has 170 valence electrons. The summed E-state index contributed by atoms with van der Waals surface area (Å²) in [6, 6.07) is 23.1. The van der Waals surface area contributed by atoms with E-state index in [1.807, 2.05) is 65.6 Å². The molecule has 3 aliphatic rings. The van der Waals surface area contributed by atoms with Crippen LogP contribution in [0.25, 0.3) is 5.57 Å². The van der Waals surface area contributed by atoms with Crippen molar-refractivity contribution in [1.82, 2.24) is 4.90 Å². The zero-order valence-corrected chi connectivity index (χ0v) is 20.4. The van der Waals surface area contributed by atoms with Crippen molar-refractivity contribution in [3.8, 4) is 18.2 Å². The molecule has 5 rings (SSSR count). The summed E-state index contributed by atoms with van der Waals surface area (Å²) in [6.07, 6.45) is 7.25. The van der Waals surface area contributed by atoms with Crippen LogP contribution in [0.1, 0.15) is 29.9 Å². The lowest BCUT2D eigenvalue weighted by molar-refractivity contribution is -0.124. The lowest BCUT2D eigenvalue weighted by Crippen LogP contribution is -2.40. The maximum Gasteiger partial charge on any atom is 0.158 e. The van der Waals surface area contributed by atoms with E-state index in [9.17, 15) is 20.6 Å². The Morgan fingerprint density at radius 2 is 1.66 bits per heavy atom. The van der Waals surface area contributed by atoms with Gasteiger partial charge in [-0.2, -0.15) is 15.8 Å².